The van der Waals surface area contributed by atoms with Gasteiger partial charge in [0.15, 0.2) is 0 Å². The molecule has 1 heterocycles. The van der Waals surface area contributed by atoms with Crippen molar-refractivity contribution in [3.63, 3.8) is 0 Å². The van der Waals surface area contributed by atoms with Gasteiger partial charge in [-0.25, -0.2) is 0 Å². The van der Waals surface area contributed by atoms with Crippen LogP contribution in [0.3, 0.4) is 0 Å². The number of hydrogen-bond acceptors (Lipinski definition) is 2. The number of hydrogen-bond donors (Lipinski definition) is 1. The minimum atomic E-state index is 0.463. The van der Waals surface area contributed by atoms with Crippen molar-refractivity contribution in [3.8, 4) is 0 Å². The Labute approximate surface area is 111 Å². The third-order valence-corrected chi connectivity index (χ3v) is 4.09. The normalized spacial score (nSPS) is 17.1. The average molecular weight is 249 g/mol. The number of aromatic nitrogens is 2. The highest BCUT2D eigenvalue weighted by Gasteiger charge is 2.23. The summed E-state index contributed by atoms with van der Waals surface area (Å²) in [4.78, 5) is 0. The monoisotopic (exact) mass is 249 g/mol. The Morgan fingerprint density at radius 3 is 2.61 bits per heavy atom. The molecule has 1 saturated carbocycles. The molecule has 1 aliphatic carbocycles. The predicted octanol–water partition coefficient (Wildman–Crippen LogP) is 3.36. The van der Waals surface area contributed by atoms with E-state index in [-0.39, 0.29) is 0 Å². The molecule has 1 N–H and O–H groups in total. The molecule has 0 spiro atoms. The van der Waals surface area contributed by atoms with Crippen LogP contribution < -0.4 is 5.32 Å². The Bertz CT molecular complexity index is 391. The van der Waals surface area contributed by atoms with Gasteiger partial charge in [0.25, 0.3) is 0 Å². The highest BCUT2D eigenvalue weighted by atomic mass is 15.3. The lowest BCUT2D eigenvalue weighted by molar-refractivity contribution is 0.519. The van der Waals surface area contributed by atoms with Crippen molar-refractivity contribution >= 4 is 0 Å². The summed E-state index contributed by atoms with van der Waals surface area (Å²) in [7, 11) is 0. The van der Waals surface area contributed by atoms with E-state index in [2.05, 4.69) is 37.7 Å². The molecule has 1 unspecified atom stereocenters. The van der Waals surface area contributed by atoms with Crippen LogP contribution >= 0.6 is 0 Å². The SMILES string of the molecule is CCNC(CC)c1c(C)nn(CCC2CC2)c1C. The van der Waals surface area contributed by atoms with Gasteiger partial charge in [-0.3, -0.25) is 4.68 Å². The molecule has 1 aliphatic rings. The maximum absolute atomic E-state index is 4.74. The Kier molecular flexibility index (Phi) is 4.44. The zero-order chi connectivity index (χ0) is 13.1. The van der Waals surface area contributed by atoms with E-state index in [0.717, 1.165) is 25.4 Å². The molecule has 3 nitrogen and oxygen atoms in total. The van der Waals surface area contributed by atoms with E-state index in [0.29, 0.717) is 6.04 Å². The number of nitrogens with one attached hydrogen (secondary N) is 1. The van der Waals surface area contributed by atoms with Gasteiger partial charge in [-0.1, -0.05) is 26.7 Å². The van der Waals surface area contributed by atoms with Crippen LogP contribution in [-0.2, 0) is 6.54 Å². The fourth-order valence-electron chi connectivity index (χ4n) is 2.84. The van der Waals surface area contributed by atoms with Gasteiger partial charge in [-0.15, -0.1) is 0 Å². The van der Waals surface area contributed by atoms with Gasteiger partial charge in [-0.2, -0.15) is 5.10 Å². The largest absolute Gasteiger partial charge is 0.310 e. The van der Waals surface area contributed by atoms with Crippen LogP contribution in [0.5, 0.6) is 0 Å². The van der Waals surface area contributed by atoms with Crippen molar-refractivity contribution in [2.45, 2.75) is 66.0 Å². The maximum atomic E-state index is 4.74. The lowest BCUT2D eigenvalue weighted by Crippen LogP contribution is -2.21. The first kappa shape index (κ1) is 13.6. The van der Waals surface area contributed by atoms with Crippen molar-refractivity contribution in [2.24, 2.45) is 5.92 Å². The van der Waals surface area contributed by atoms with Crippen molar-refractivity contribution in [2.75, 3.05) is 6.54 Å². The molecule has 102 valence electrons. The summed E-state index contributed by atoms with van der Waals surface area (Å²) in [6.45, 7) is 10.9. The quantitative estimate of drug-likeness (QED) is 0.803. The van der Waals surface area contributed by atoms with Crippen LogP contribution in [0, 0.1) is 19.8 Å². The van der Waals surface area contributed by atoms with E-state index in [9.17, 15) is 0 Å². The summed E-state index contributed by atoms with van der Waals surface area (Å²) in [5.74, 6) is 0.980. The Hall–Kier alpha value is -0.830. The smallest absolute Gasteiger partial charge is 0.0644 e. The van der Waals surface area contributed by atoms with Gasteiger partial charge in [0.1, 0.15) is 0 Å². The van der Waals surface area contributed by atoms with Crippen molar-refractivity contribution in [3.05, 3.63) is 17.0 Å². The molecule has 1 aromatic rings. The highest BCUT2D eigenvalue weighted by molar-refractivity contribution is 5.28. The summed E-state index contributed by atoms with van der Waals surface area (Å²) < 4.78 is 2.23. The van der Waals surface area contributed by atoms with E-state index >= 15 is 0 Å². The highest BCUT2D eigenvalue weighted by Crippen LogP contribution is 2.33. The summed E-state index contributed by atoms with van der Waals surface area (Å²) in [5, 5.41) is 8.31. The molecule has 3 heteroatoms. The second-order valence-electron chi connectivity index (χ2n) is 5.56. The molecule has 0 saturated heterocycles. The van der Waals surface area contributed by atoms with Gasteiger partial charge >= 0.3 is 0 Å². The Morgan fingerprint density at radius 2 is 2.06 bits per heavy atom. The van der Waals surface area contributed by atoms with E-state index in [1.165, 1.54) is 36.2 Å². The molecule has 1 aromatic heterocycles. The summed E-state index contributed by atoms with van der Waals surface area (Å²) >= 11 is 0. The predicted molar refractivity (Wildman–Crippen MR) is 75.8 cm³/mol. The van der Waals surface area contributed by atoms with Crippen molar-refractivity contribution < 1.29 is 0 Å². The topological polar surface area (TPSA) is 29.9 Å². The molecule has 0 aliphatic heterocycles. The fraction of sp³-hybridized carbons (Fsp3) is 0.800. The number of aryl methyl sites for hydroxylation is 2. The second kappa shape index (κ2) is 5.87. The van der Waals surface area contributed by atoms with Crippen LogP contribution in [0.2, 0.25) is 0 Å². The standard InChI is InChI=1S/C15H27N3/c1-5-14(16-6-2)15-11(3)17-18(12(15)4)10-9-13-7-8-13/h13-14,16H,5-10H2,1-4H3. The molecule has 0 radical (unpaired) electrons. The van der Waals surface area contributed by atoms with Gasteiger partial charge < -0.3 is 5.32 Å². The van der Waals surface area contributed by atoms with Gasteiger partial charge in [0, 0.05) is 23.8 Å². The first-order valence-corrected chi connectivity index (χ1v) is 7.44. The molecular formula is C15H27N3. The van der Waals surface area contributed by atoms with E-state index in [1.807, 2.05) is 0 Å². The van der Waals surface area contributed by atoms with Crippen LogP contribution in [0.25, 0.3) is 0 Å². The van der Waals surface area contributed by atoms with E-state index in [1.54, 1.807) is 0 Å². The van der Waals surface area contributed by atoms with E-state index in [4.69, 9.17) is 5.10 Å². The molecule has 0 aromatic carbocycles. The number of rotatable bonds is 7. The molecule has 18 heavy (non-hydrogen) atoms. The Balaban J connectivity index is 2.12. The number of nitrogens with zero attached hydrogens (tertiary/aromatic N) is 2. The lowest BCUT2D eigenvalue weighted by Gasteiger charge is -2.16. The zero-order valence-electron chi connectivity index (χ0n) is 12.3. The van der Waals surface area contributed by atoms with Crippen LogP contribution in [0.4, 0.5) is 0 Å². The van der Waals surface area contributed by atoms with Gasteiger partial charge in [0.05, 0.1) is 5.69 Å². The second-order valence-corrected chi connectivity index (χ2v) is 5.56. The van der Waals surface area contributed by atoms with Gasteiger partial charge in [0.2, 0.25) is 0 Å². The van der Waals surface area contributed by atoms with E-state index < -0.39 is 0 Å². The zero-order valence-corrected chi connectivity index (χ0v) is 12.3. The summed E-state index contributed by atoms with van der Waals surface area (Å²) in [6, 6.07) is 0.463. The Morgan fingerprint density at radius 1 is 1.33 bits per heavy atom. The van der Waals surface area contributed by atoms with Crippen molar-refractivity contribution in [1.29, 1.82) is 0 Å². The molecule has 1 atom stereocenters. The van der Waals surface area contributed by atoms with Crippen LogP contribution in [0.15, 0.2) is 0 Å². The fourth-order valence-corrected chi connectivity index (χ4v) is 2.84. The van der Waals surface area contributed by atoms with Gasteiger partial charge in [-0.05, 0) is 39.2 Å². The molecule has 0 amide bonds. The van der Waals surface area contributed by atoms with Crippen LogP contribution in [0.1, 0.15) is 62.5 Å². The third kappa shape index (κ3) is 2.94. The first-order valence-electron chi connectivity index (χ1n) is 7.44. The van der Waals surface area contributed by atoms with Crippen molar-refractivity contribution in [1.82, 2.24) is 15.1 Å². The first-order chi connectivity index (χ1) is 8.67. The lowest BCUT2D eigenvalue weighted by atomic mass is 10.0. The summed E-state index contributed by atoms with van der Waals surface area (Å²) in [6.07, 6.45) is 5.30. The average Bonchev–Trinajstić information content (AvgIpc) is 3.13. The molecule has 0 bridgehead atoms. The minimum Gasteiger partial charge on any atom is -0.310 e. The molecule has 1 fully saturated rings. The molecule has 2 rings (SSSR count). The third-order valence-electron chi connectivity index (χ3n) is 4.09. The maximum Gasteiger partial charge on any atom is 0.0644 e. The summed E-state index contributed by atoms with van der Waals surface area (Å²) in [5.41, 5.74) is 3.99. The minimum absolute atomic E-state index is 0.463. The molecular weight excluding hydrogens is 222 g/mol. The van der Waals surface area contributed by atoms with Crippen LogP contribution in [-0.4, -0.2) is 16.3 Å².